The quantitative estimate of drug-likeness (QED) is 0.142. The molecular formula is C23H42O6. The second kappa shape index (κ2) is 18.1. The zero-order valence-corrected chi connectivity index (χ0v) is 19.0. The number of aliphatic hydroxyl groups excluding tert-OH is 2. The number of carboxylic acids is 2. The summed E-state index contributed by atoms with van der Waals surface area (Å²) in [4.78, 5) is 21.2. The van der Waals surface area contributed by atoms with E-state index in [2.05, 4.69) is 13.8 Å². The Kier molecular flexibility index (Phi) is 18.2. The molecule has 0 saturated heterocycles. The number of aliphatic hydroxyl groups is 2. The summed E-state index contributed by atoms with van der Waals surface area (Å²) in [5, 5.41) is 36.3. The molecular weight excluding hydrogens is 372 g/mol. The van der Waals surface area contributed by atoms with Gasteiger partial charge >= 0.3 is 11.9 Å². The van der Waals surface area contributed by atoms with Gasteiger partial charge in [-0.05, 0) is 44.6 Å². The van der Waals surface area contributed by atoms with Gasteiger partial charge in [0.1, 0.15) is 5.76 Å². The van der Waals surface area contributed by atoms with Crippen LogP contribution in [0.5, 0.6) is 0 Å². The van der Waals surface area contributed by atoms with Gasteiger partial charge in [0, 0.05) is 5.92 Å². The maximum atomic E-state index is 10.7. The van der Waals surface area contributed by atoms with Crippen LogP contribution in [0, 0.1) is 5.92 Å². The maximum absolute atomic E-state index is 10.7. The molecule has 0 bridgehead atoms. The summed E-state index contributed by atoms with van der Waals surface area (Å²) in [6.45, 7) is 9.56. The molecule has 0 fully saturated rings. The molecule has 6 nitrogen and oxygen atoms in total. The number of hydrogen-bond acceptors (Lipinski definition) is 4. The molecule has 0 radical (unpaired) electrons. The molecule has 0 saturated carbocycles. The predicted molar refractivity (Wildman–Crippen MR) is 117 cm³/mol. The normalized spacial score (nSPS) is 13.6. The van der Waals surface area contributed by atoms with E-state index in [0.717, 1.165) is 51.4 Å². The Labute approximate surface area is 176 Å². The Morgan fingerprint density at radius 3 is 1.72 bits per heavy atom. The lowest BCUT2D eigenvalue weighted by atomic mass is 9.94. The van der Waals surface area contributed by atoms with Crippen LogP contribution in [0.3, 0.4) is 0 Å². The number of hydrogen-bond donors (Lipinski definition) is 4. The molecule has 0 aliphatic heterocycles. The molecule has 0 heterocycles. The first kappa shape index (κ1) is 29.2. The first-order chi connectivity index (χ1) is 13.7. The van der Waals surface area contributed by atoms with E-state index in [1.54, 1.807) is 0 Å². The highest BCUT2D eigenvalue weighted by Crippen LogP contribution is 2.23. The fourth-order valence-electron chi connectivity index (χ4n) is 2.97. The van der Waals surface area contributed by atoms with Crippen LogP contribution in [0.15, 0.2) is 22.7 Å². The lowest BCUT2D eigenvalue weighted by molar-refractivity contribution is -0.136. The number of rotatable bonds is 14. The number of carboxylic acid groups (broad SMARTS) is 2. The van der Waals surface area contributed by atoms with E-state index in [1.165, 1.54) is 13.3 Å². The van der Waals surface area contributed by atoms with Gasteiger partial charge in [-0.2, -0.15) is 0 Å². The monoisotopic (exact) mass is 414 g/mol. The number of aliphatic carboxylic acids is 2. The highest BCUT2D eigenvalue weighted by Gasteiger charge is 2.17. The van der Waals surface area contributed by atoms with Crippen molar-refractivity contribution in [3.63, 3.8) is 0 Å². The minimum Gasteiger partial charge on any atom is -0.511 e. The fraction of sp³-hybridized carbons (Fsp3) is 0.739. The van der Waals surface area contributed by atoms with Crippen LogP contribution in [0.1, 0.15) is 105 Å². The lowest BCUT2D eigenvalue weighted by Gasteiger charge is -2.15. The van der Waals surface area contributed by atoms with Crippen LogP contribution < -0.4 is 0 Å². The van der Waals surface area contributed by atoms with Gasteiger partial charge in [0.2, 0.25) is 5.76 Å². The third-order valence-electron chi connectivity index (χ3n) is 5.04. The van der Waals surface area contributed by atoms with Crippen LogP contribution >= 0.6 is 0 Å². The van der Waals surface area contributed by atoms with Gasteiger partial charge in [-0.3, -0.25) is 0 Å². The van der Waals surface area contributed by atoms with Crippen molar-refractivity contribution in [2.45, 2.75) is 105 Å². The molecule has 4 N–H and O–H groups in total. The van der Waals surface area contributed by atoms with Crippen molar-refractivity contribution in [3.05, 3.63) is 22.7 Å². The Hall–Kier alpha value is -1.98. The van der Waals surface area contributed by atoms with Crippen molar-refractivity contribution >= 4 is 11.9 Å². The van der Waals surface area contributed by atoms with E-state index in [4.69, 9.17) is 10.2 Å². The van der Waals surface area contributed by atoms with Crippen LogP contribution in [-0.4, -0.2) is 32.4 Å². The standard InChI is InChI=1S/C12H22O3.C11H20O3/c1-4-6-7-8-10(5-2)11(13)9(3)12(14)15;1-3-5-6-7-8-9(4-2)10(12)11(13)14/h10,13H,4-8H2,1-3H3,(H,14,15);12H,3-8H2,1-2H3,(H,13,14)/b11-9+;10-9+. The zero-order chi connectivity index (χ0) is 22.8. The van der Waals surface area contributed by atoms with Crippen LogP contribution in [-0.2, 0) is 9.59 Å². The summed E-state index contributed by atoms with van der Waals surface area (Å²) in [6.07, 6.45) is 10.7. The minimum atomic E-state index is -1.21. The van der Waals surface area contributed by atoms with Crippen molar-refractivity contribution in [2.75, 3.05) is 0 Å². The van der Waals surface area contributed by atoms with E-state index in [0.29, 0.717) is 18.4 Å². The smallest absolute Gasteiger partial charge is 0.370 e. The number of carbonyl (C=O) groups is 2. The van der Waals surface area contributed by atoms with Crippen molar-refractivity contribution in [1.82, 2.24) is 0 Å². The first-order valence-electron chi connectivity index (χ1n) is 10.9. The Bertz CT molecular complexity index is 533. The number of allylic oxidation sites excluding steroid dienone is 2. The molecule has 0 aromatic heterocycles. The van der Waals surface area contributed by atoms with Crippen molar-refractivity contribution in [3.8, 4) is 0 Å². The van der Waals surface area contributed by atoms with Crippen LogP contribution in [0.2, 0.25) is 0 Å². The second-order valence-electron chi connectivity index (χ2n) is 7.34. The Morgan fingerprint density at radius 2 is 1.31 bits per heavy atom. The van der Waals surface area contributed by atoms with Gasteiger partial charge in [0.05, 0.1) is 5.57 Å². The molecule has 0 aliphatic carbocycles. The summed E-state index contributed by atoms with van der Waals surface area (Å²) in [5.74, 6) is -2.63. The summed E-state index contributed by atoms with van der Waals surface area (Å²) in [7, 11) is 0. The molecule has 6 heteroatoms. The van der Waals surface area contributed by atoms with E-state index in [-0.39, 0.29) is 17.3 Å². The average molecular weight is 415 g/mol. The van der Waals surface area contributed by atoms with Crippen LogP contribution in [0.4, 0.5) is 0 Å². The number of unbranched alkanes of at least 4 members (excludes halogenated alkanes) is 5. The van der Waals surface area contributed by atoms with E-state index >= 15 is 0 Å². The Balaban J connectivity index is 0. The topological polar surface area (TPSA) is 115 Å². The molecule has 1 unspecified atom stereocenters. The molecule has 0 amide bonds. The highest BCUT2D eigenvalue weighted by molar-refractivity contribution is 5.86. The fourth-order valence-corrected chi connectivity index (χ4v) is 2.97. The molecule has 29 heavy (non-hydrogen) atoms. The largest absolute Gasteiger partial charge is 0.511 e. The van der Waals surface area contributed by atoms with Gasteiger partial charge in [-0.25, -0.2) is 9.59 Å². The third kappa shape index (κ3) is 13.8. The summed E-state index contributed by atoms with van der Waals surface area (Å²) < 4.78 is 0. The van der Waals surface area contributed by atoms with Gasteiger partial charge in [0.15, 0.2) is 0 Å². The second-order valence-corrected chi connectivity index (χ2v) is 7.34. The lowest BCUT2D eigenvalue weighted by Crippen LogP contribution is -2.09. The SMILES string of the molecule is CCCCCC(CC)/C(O)=C(/C)C(=O)O.CCCCCC/C(CC)=C(/O)C(=O)O. The maximum Gasteiger partial charge on any atom is 0.370 e. The molecule has 0 spiro atoms. The first-order valence-corrected chi connectivity index (χ1v) is 10.9. The minimum absolute atomic E-state index is 0.00708. The molecule has 0 aromatic rings. The van der Waals surface area contributed by atoms with Gasteiger partial charge in [0.25, 0.3) is 0 Å². The van der Waals surface area contributed by atoms with E-state index in [1.807, 2.05) is 13.8 Å². The van der Waals surface area contributed by atoms with Crippen molar-refractivity contribution in [1.29, 1.82) is 0 Å². The molecule has 1 atom stereocenters. The highest BCUT2D eigenvalue weighted by atomic mass is 16.4. The summed E-state index contributed by atoms with van der Waals surface area (Å²) >= 11 is 0. The molecule has 0 aromatic carbocycles. The zero-order valence-electron chi connectivity index (χ0n) is 19.0. The molecule has 0 aliphatic rings. The molecule has 0 rings (SSSR count). The predicted octanol–water partition coefficient (Wildman–Crippen LogP) is 6.77. The van der Waals surface area contributed by atoms with Gasteiger partial charge in [-0.15, -0.1) is 0 Å². The summed E-state index contributed by atoms with van der Waals surface area (Å²) in [5.41, 5.74) is 0.743. The average Bonchev–Trinajstić information content (AvgIpc) is 2.70. The van der Waals surface area contributed by atoms with Crippen molar-refractivity contribution in [2.24, 2.45) is 5.92 Å². The van der Waals surface area contributed by atoms with Gasteiger partial charge < -0.3 is 20.4 Å². The Morgan fingerprint density at radius 1 is 0.759 bits per heavy atom. The summed E-state index contributed by atoms with van der Waals surface area (Å²) in [6, 6.07) is 0. The van der Waals surface area contributed by atoms with E-state index in [9.17, 15) is 19.8 Å². The van der Waals surface area contributed by atoms with Gasteiger partial charge in [-0.1, -0.05) is 66.2 Å². The van der Waals surface area contributed by atoms with E-state index < -0.39 is 17.7 Å². The van der Waals surface area contributed by atoms with Crippen molar-refractivity contribution < 1.29 is 30.0 Å². The van der Waals surface area contributed by atoms with Crippen LogP contribution in [0.25, 0.3) is 0 Å². The third-order valence-corrected chi connectivity index (χ3v) is 5.04. The molecule has 170 valence electrons.